The summed E-state index contributed by atoms with van der Waals surface area (Å²) in [5, 5.41) is 0. The number of ether oxygens (including phenoxy) is 1. The second-order valence-electron chi connectivity index (χ2n) is 6.58. The van der Waals surface area contributed by atoms with Crippen LogP contribution in [0.25, 0.3) is 0 Å². The molecule has 0 amide bonds. The van der Waals surface area contributed by atoms with Gasteiger partial charge in [0.05, 0.1) is 18.8 Å². The molecule has 0 aromatic carbocycles. The van der Waals surface area contributed by atoms with Crippen LogP contribution in [0.3, 0.4) is 0 Å². The fourth-order valence-corrected chi connectivity index (χ4v) is 3.40. The number of aliphatic imine (C=N–C) groups is 1. The molecule has 2 aliphatic rings. The summed E-state index contributed by atoms with van der Waals surface area (Å²) in [5.74, 6) is 1.25. The van der Waals surface area contributed by atoms with Gasteiger partial charge in [-0.3, -0.25) is 4.99 Å². The van der Waals surface area contributed by atoms with Crippen molar-refractivity contribution in [1.29, 1.82) is 0 Å². The Morgan fingerprint density at radius 2 is 1.95 bits per heavy atom. The first-order valence-electron chi connectivity index (χ1n) is 7.95. The molecular formula is C17H29NO. The van der Waals surface area contributed by atoms with Gasteiger partial charge in [0, 0.05) is 12.1 Å². The SMILES string of the molecule is CC(C)OC1CCCC2C=NCC(C(C)C)=C2CC1. The van der Waals surface area contributed by atoms with E-state index in [-0.39, 0.29) is 0 Å². The van der Waals surface area contributed by atoms with Gasteiger partial charge in [0.2, 0.25) is 0 Å². The molecule has 1 saturated carbocycles. The van der Waals surface area contributed by atoms with Crippen LogP contribution in [-0.4, -0.2) is 25.0 Å². The van der Waals surface area contributed by atoms with E-state index in [2.05, 4.69) is 38.9 Å². The van der Waals surface area contributed by atoms with Gasteiger partial charge in [0.1, 0.15) is 0 Å². The van der Waals surface area contributed by atoms with Gasteiger partial charge in [0.25, 0.3) is 0 Å². The number of dihydropyridines is 1. The molecule has 2 unspecified atom stereocenters. The fraction of sp³-hybridized carbons (Fsp3) is 0.824. The molecule has 108 valence electrons. The first-order chi connectivity index (χ1) is 9.08. The van der Waals surface area contributed by atoms with Crippen molar-refractivity contribution in [3.8, 4) is 0 Å². The highest BCUT2D eigenvalue weighted by Crippen LogP contribution is 2.34. The molecule has 0 spiro atoms. The van der Waals surface area contributed by atoms with E-state index in [9.17, 15) is 0 Å². The van der Waals surface area contributed by atoms with Gasteiger partial charge in [-0.25, -0.2) is 0 Å². The average Bonchev–Trinajstić information content (AvgIpc) is 2.32. The van der Waals surface area contributed by atoms with E-state index in [4.69, 9.17) is 4.74 Å². The second-order valence-corrected chi connectivity index (χ2v) is 6.58. The Bertz CT molecular complexity index is 354. The molecular weight excluding hydrogens is 234 g/mol. The van der Waals surface area contributed by atoms with Crippen LogP contribution >= 0.6 is 0 Å². The van der Waals surface area contributed by atoms with Crippen LogP contribution in [0.2, 0.25) is 0 Å². The standard InChI is InChI=1S/C17H29NO/c1-12(2)17-11-18-10-14-6-5-7-15(19-13(3)4)8-9-16(14)17/h10,12-15H,5-9,11H2,1-4H3. The molecule has 0 aromatic rings. The minimum atomic E-state index is 0.353. The molecule has 2 heteroatoms. The highest BCUT2D eigenvalue weighted by atomic mass is 16.5. The molecule has 0 aromatic heterocycles. The van der Waals surface area contributed by atoms with Crippen molar-refractivity contribution < 1.29 is 4.74 Å². The average molecular weight is 263 g/mol. The molecule has 0 saturated heterocycles. The largest absolute Gasteiger partial charge is 0.376 e. The van der Waals surface area contributed by atoms with Crippen molar-refractivity contribution in [2.75, 3.05) is 6.54 Å². The molecule has 1 heterocycles. The molecule has 0 N–H and O–H groups in total. The van der Waals surface area contributed by atoms with E-state index >= 15 is 0 Å². The predicted molar refractivity (Wildman–Crippen MR) is 81.8 cm³/mol. The van der Waals surface area contributed by atoms with Gasteiger partial charge in [-0.15, -0.1) is 0 Å². The lowest BCUT2D eigenvalue weighted by Gasteiger charge is -2.31. The third-order valence-corrected chi connectivity index (χ3v) is 4.35. The summed E-state index contributed by atoms with van der Waals surface area (Å²) in [5.41, 5.74) is 3.28. The topological polar surface area (TPSA) is 21.6 Å². The summed E-state index contributed by atoms with van der Waals surface area (Å²) >= 11 is 0. The van der Waals surface area contributed by atoms with Crippen LogP contribution in [0.4, 0.5) is 0 Å². The van der Waals surface area contributed by atoms with Crippen molar-refractivity contribution in [1.82, 2.24) is 0 Å². The van der Waals surface area contributed by atoms with Gasteiger partial charge in [-0.05, 0) is 57.4 Å². The summed E-state index contributed by atoms with van der Waals surface area (Å²) < 4.78 is 6.05. The van der Waals surface area contributed by atoms with Gasteiger partial charge in [-0.1, -0.05) is 19.4 Å². The van der Waals surface area contributed by atoms with Gasteiger partial charge < -0.3 is 4.74 Å². The summed E-state index contributed by atoms with van der Waals surface area (Å²) in [4.78, 5) is 4.59. The Balaban J connectivity index is 2.09. The van der Waals surface area contributed by atoms with Crippen molar-refractivity contribution in [2.45, 2.75) is 72.0 Å². The predicted octanol–water partition coefficient (Wildman–Crippen LogP) is 4.40. The fourth-order valence-electron chi connectivity index (χ4n) is 3.40. The highest BCUT2D eigenvalue weighted by molar-refractivity contribution is 5.67. The molecule has 19 heavy (non-hydrogen) atoms. The van der Waals surface area contributed by atoms with Crippen LogP contribution in [0.5, 0.6) is 0 Å². The quantitative estimate of drug-likeness (QED) is 0.692. The summed E-state index contributed by atoms with van der Waals surface area (Å²) in [6, 6.07) is 0. The van der Waals surface area contributed by atoms with E-state index in [1.807, 2.05) is 0 Å². The molecule has 2 atom stereocenters. The van der Waals surface area contributed by atoms with E-state index in [0.717, 1.165) is 6.54 Å². The lowest BCUT2D eigenvalue weighted by atomic mass is 9.79. The maximum Gasteiger partial charge on any atom is 0.0601 e. The number of rotatable bonds is 3. The maximum absolute atomic E-state index is 6.05. The maximum atomic E-state index is 6.05. The van der Waals surface area contributed by atoms with Crippen molar-refractivity contribution in [3.05, 3.63) is 11.1 Å². The van der Waals surface area contributed by atoms with Crippen molar-refractivity contribution in [2.24, 2.45) is 16.8 Å². The third kappa shape index (κ3) is 3.92. The number of nitrogens with zero attached hydrogens (tertiary/aromatic N) is 1. The van der Waals surface area contributed by atoms with E-state index < -0.39 is 0 Å². The summed E-state index contributed by atoms with van der Waals surface area (Å²) in [7, 11) is 0. The lowest BCUT2D eigenvalue weighted by molar-refractivity contribution is -0.00436. The Labute approximate surface area is 118 Å². The Morgan fingerprint density at radius 1 is 1.16 bits per heavy atom. The monoisotopic (exact) mass is 263 g/mol. The highest BCUT2D eigenvalue weighted by Gasteiger charge is 2.25. The number of hydrogen-bond donors (Lipinski definition) is 0. The number of fused-ring (bicyclic) bond motifs is 1. The van der Waals surface area contributed by atoms with E-state index in [1.54, 1.807) is 11.1 Å². The van der Waals surface area contributed by atoms with Crippen LogP contribution in [0, 0.1) is 11.8 Å². The molecule has 1 aliphatic carbocycles. The zero-order chi connectivity index (χ0) is 13.8. The zero-order valence-electron chi connectivity index (χ0n) is 13.0. The zero-order valence-corrected chi connectivity index (χ0v) is 13.0. The van der Waals surface area contributed by atoms with Gasteiger partial charge >= 0.3 is 0 Å². The van der Waals surface area contributed by atoms with Gasteiger partial charge in [0.15, 0.2) is 0 Å². The summed E-state index contributed by atoms with van der Waals surface area (Å²) in [6.45, 7) is 9.84. The van der Waals surface area contributed by atoms with Crippen LogP contribution in [-0.2, 0) is 4.74 Å². The minimum Gasteiger partial charge on any atom is -0.376 e. The van der Waals surface area contributed by atoms with Gasteiger partial charge in [-0.2, -0.15) is 0 Å². The molecule has 0 radical (unpaired) electrons. The molecule has 1 aliphatic heterocycles. The first kappa shape index (κ1) is 14.8. The molecule has 0 bridgehead atoms. The normalized spacial score (nSPS) is 28.5. The molecule has 1 fully saturated rings. The lowest BCUT2D eigenvalue weighted by Crippen LogP contribution is -2.25. The number of allylic oxidation sites excluding steroid dienone is 1. The van der Waals surface area contributed by atoms with E-state index in [0.29, 0.717) is 24.0 Å². The number of hydrogen-bond acceptors (Lipinski definition) is 2. The Kier molecular flexibility index (Phi) is 5.20. The van der Waals surface area contributed by atoms with Crippen molar-refractivity contribution >= 4 is 6.21 Å². The molecule has 2 rings (SSSR count). The van der Waals surface area contributed by atoms with Crippen LogP contribution in [0.1, 0.15) is 59.8 Å². The smallest absolute Gasteiger partial charge is 0.0601 e. The molecule has 2 nitrogen and oxygen atoms in total. The Morgan fingerprint density at radius 3 is 2.63 bits per heavy atom. The van der Waals surface area contributed by atoms with E-state index in [1.165, 1.54) is 32.1 Å². The third-order valence-electron chi connectivity index (χ3n) is 4.35. The summed E-state index contributed by atoms with van der Waals surface area (Å²) in [6.07, 6.45) is 9.16. The minimum absolute atomic E-state index is 0.353. The first-order valence-corrected chi connectivity index (χ1v) is 7.95. The van der Waals surface area contributed by atoms with Crippen molar-refractivity contribution in [3.63, 3.8) is 0 Å². The van der Waals surface area contributed by atoms with Crippen LogP contribution in [0.15, 0.2) is 16.1 Å². The van der Waals surface area contributed by atoms with Crippen LogP contribution < -0.4 is 0 Å². The Hall–Kier alpha value is -0.630. The second kappa shape index (κ2) is 6.69.